The molecule has 44 heavy (non-hydrogen) atoms. The number of rotatable bonds is 22. The van der Waals surface area contributed by atoms with Gasteiger partial charge in [-0.3, -0.25) is 13.7 Å². The SMILES string of the molecule is COCCOCCOCCOCCOCCNc1nc(Cl)nc2c1ncn2[C@@H]1O[C@H](COP(=O)(O)CP(=O)(O)O)[C@H](O)[C@@H]1O. The minimum absolute atomic E-state index is 0.147. The highest BCUT2D eigenvalue weighted by Gasteiger charge is 2.45. The number of aliphatic hydroxyl groups is 2. The van der Waals surface area contributed by atoms with Crippen LogP contribution in [-0.4, -0.2) is 148 Å². The molecule has 5 atom stereocenters. The number of hydrogen-bond acceptors (Lipinski definition) is 15. The number of imidazole rings is 1. The van der Waals surface area contributed by atoms with Gasteiger partial charge in [-0.2, -0.15) is 9.97 Å². The highest BCUT2D eigenvalue weighted by molar-refractivity contribution is 7.70. The molecule has 2 aromatic heterocycles. The van der Waals surface area contributed by atoms with Crippen LogP contribution in [0.25, 0.3) is 11.2 Å². The van der Waals surface area contributed by atoms with Crippen LogP contribution in [0.15, 0.2) is 6.33 Å². The van der Waals surface area contributed by atoms with Crippen LogP contribution in [-0.2, 0) is 42.1 Å². The van der Waals surface area contributed by atoms with Crippen molar-refractivity contribution in [1.82, 2.24) is 19.5 Å². The van der Waals surface area contributed by atoms with Crippen molar-refractivity contribution in [3.05, 3.63) is 11.6 Å². The Kier molecular flexibility index (Phi) is 15.2. The van der Waals surface area contributed by atoms with Crippen molar-refractivity contribution >= 4 is 43.8 Å². The first-order valence-corrected chi connectivity index (χ1v) is 17.3. The van der Waals surface area contributed by atoms with Gasteiger partial charge in [0.2, 0.25) is 5.28 Å². The summed E-state index contributed by atoms with van der Waals surface area (Å²) in [5, 5.41) is 23.9. The fourth-order valence-electron chi connectivity index (χ4n) is 3.91. The fraction of sp³-hybridized carbons (Fsp3) is 0.773. The summed E-state index contributed by atoms with van der Waals surface area (Å²) in [5.41, 5.74) is 0.422. The topological polar surface area (TPSA) is 256 Å². The minimum atomic E-state index is -4.85. The lowest BCUT2D eigenvalue weighted by Gasteiger charge is -2.18. The Morgan fingerprint density at radius 3 is 2.11 bits per heavy atom. The van der Waals surface area contributed by atoms with Crippen molar-refractivity contribution < 1.29 is 67.0 Å². The lowest BCUT2D eigenvalue weighted by Crippen LogP contribution is -2.33. The van der Waals surface area contributed by atoms with Crippen molar-refractivity contribution in [2.24, 2.45) is 0 Å². The molecule has 2 aromatic rings. The van der Waals surface area contributed by atoms with Gasteiger partial charge < -0.3 is 63.2 Å². The number of ether oxygens (including phenoxy) is 6. The Labute approximate surface area is 257 Å². The van der Waals surface area contributed by atoms with Crippen LogP contribution in [0.5, 0.6) is 0 Å². The third-order valence-electron chi connectivity index (χ3n) is 5.90. The zero-order valence-corrected chi connectivity index (χ0v) is 26.4. The lowest BCUT2D eigenvalue weighted by atomic mass is 10.1. The molecule has 1 aliphatic heterocycles. The molecule has 0 saturated carbocycles. The Bertz CT molecular complexity index is 1260. The lowest BCUT2D eigenvalue weighted by molar-refractivity contribution is -0.0483. The molecule has 0 aromatic carbocycles. The van der Waals surface area contributed by atoms with E-state index in [-0.39, 0.29) is 22.3 Å². The van der Waals surface area contributed by atoms with Crippen molar-refractivity contribution in [2.75, 3.05) is 90.9 Å². The maximum Gasteiger partial charge on any atom is 0.340 e. The average Bonchev–Trinajstić information content (AvgIpc) is 3.48. The molecular formula is C22H38ClN5O14P2. The number of nitrogens with zero attached hydrogens (tertiary/aromatic N) is 4. The maximum atomic E-state index is 11.9. The van der Waals surface area contributed by atoms with E-state index in [0.717, 1.165) is 0 Å². The van der Waals surface area contributed by atoms with Crippen molar-refractivity contribution in [3.8, 4) is 0 Å². The summed E-state index contributed by atoms with van der Waals surface area (Å²) in [4.78, 5) is 40.1. The van der Waals surface area contributed by atoms with Crippen LogP contribution >= 0.6 is 26.8 Å². The van der Waals surface area contributed by atoms with Gasteiger partial charge in [0.15, 0.2) is 29.1 Å². The standard InChI is InChI=1S/C22H38ClN5O14P2/c1-36-4-5-38-8-9-40-11-10-39-7-6-37-3-2-24-19-16-20(27-22(23)26-19)28(13-25-16)21-18(30)17(29)15(42-21)12-41-44(34,35)14-43(31,32)33/h13,15,17-18,21,29-30H,2-12,14H2,1H3,(H,34,35)(H,24,26,27)(H2,31,32,33)/t15-,17+,18+,21-/m1/s1. The summed E-state index contributed by atoms with van der Waals surface area (Å²) < 4.78 is 61.2. The Balaban J connectivity index is 1.43. The minimum Gasteiger partial charge on any atom is -0.387 e. The molecule has 0 aliphatic carbocycles. The monoisotopic (exact) mass is 693 g/mol. The van der Waals surface area contributed by atoms with Crippen molar-refractivity contribution in [3.63, 3.8) is 0 Å². The van der Waals surface area contributed by atoms with E-state index >= 15 is 0 Å². The van der Waals surface area contributed by atoms with Gasteiger partial charge in [0.25, 0.3) is 0 Å². The molecular weight excluding hydrogens is 656 g/mol. The number of nitrogens with one attached hydrogen (secondary N) is 1. The van der Waals surface area contributed by atoms with Gasteiger partial charge in [-0.15, -0.1) is 0 Å². The van der Waals surface area contributed by atoms with Crippen LogP contribution < -0.4 is 5.32 Å². The highest BCUT2D eigenvalue weighted by Crippen LogP contribution is 2.55. The summed E-state index contributed by atoms with van der Waals surface area (Å²) in [6.07, 6.45) is -4.43. The predicted octanol–water partition coefficient (Wildman–Crippen LogP) is -0.439. The molecule has 3 heterocycles. The third-order valence-corrected chi connectivity index (χ3v) is 9.52. The molecule has 3 rings (SSSR count). The van der Waals surface area contributed by atoms with E-state index in [2.05, 4.69) is 20.3 Å². The summed E-state index contributed by atoms with van der Waals surface area (Å²) in [6.45, 7) is 3.51. The molecule has 1 fully saturated rings. The van der Waals surface area contributed by atoms with Gasteiger partial charge in [-0.25, -0.2) is 4.98 Å². The molecule has 1 saturated heterocycles. The summed E-state index contributed by atoms with van der Waals surface area (Å²) in [7, 11) is -7.95. The summed E-state index contributed by atoms with van der Waals surface area (Å²) in [6, 6.07) is 0. The van der Waals surface area contributed by atoms with Crippen LogP contribution in [0.1, 0.15) is 6.23 Å². The first kappa shape index (κ1) is 37.1. The van der Waals surface area contributed by atoms with Crippen LogP contribution in [0, 0.1) is 0 Å². The zero-order chi connectivity index (χ0) is 32.2. The van der Waals surface area contributed by atoms with E-state index in [1.165, 1.54) is 10.9 Å². The molecule has 6 N–H and O–H groups in total. The second-order valence-corrected chi connectivity index (χ2v) is 13.7. The van der Waals surface area contributed by atoms with E-state index in [1.807, 2.05) is 0 Å². The van der Waals surface area contributed by atoms with E-state index < -0.39 is 52.2 Å². The fourth-order valence-corrected chi connectivity index (χ4v) is 6.64. The first-order chi connectivity index (χ1) is 20.9. The largest absolute Gasteiger partial charge is 0.387 e. The molecule has 0 amide bonds. The summed E-state index contributed by atoms with van der Waals surface area (Å²) in [5.74, 6) is -1.14. The number of hydrogen-bond donors (Lipinski definition) is 6. The molecule has 1 unspecified atom stereocenters. The maximum absolute atomic E-state index is 11.9. The second-order valence-electron chi connectivity index (χ2n) is 9.32. The highest BCUT2D eigenvalue weighted by atomic mass is 35.5. The second kappa shape index (κ2) is 18.1. The van der Waals surface area contributed by atoms with Crippen LogP contribution in [0.3, 0.4) is 0 Å². The number of aliphatic hydroxyl groups excluding tert-OH is 2. The molecule has 0 spiro atoms. The molecule has 19 nitrogen and oxygen atoms in total. The quantitative estimate of drug-likeness (QED) is 0.0519. The smallest absolute Gasteiger partial charge is 0.340 e. The van der Waals surface area contributed by atoms with Gasteiger partial charge in [-0.05, 0) is 11.6 Å². The third kappa shape index (κ3) is 12.1. The number of anilines is 1. The number of fused-ring (bicyclic) bond motifs is 1. The van der Waals surface area contributed by atoms with Crippen molar-refractivity contribution in [1.29, 1.82) is 0 Å². The van der Waals surface area contributed by atoms with E-state index in [9.17, 15) is 24.2 Å². The number of halogens is 1. The average molecular weight is 694 g/mol. The molecule has 22 heteroatoms. The van der Waals surface area contributed by atoms with Crippen LogP contribution in [0.4, 0.5) is 5.82 Å². The predicted molar refractivity (Wildman–Crippen MR) is 153 cm³/mol. The van der Waals surface area contributed by atoms with Gasteiger partial charge in [0, 0.05) is 13.7 Å². The normalized spacial score (nSPS) is 22.1. The molecule has 1 aliphatic rings. The number of aromatic nitrogens is 4. The van der Waals surface area contributed by atoms with Gasteiger partial charge in [-0.1, -0.05) is 0 Å². The molecule has 0 radical (unpaired) electrons. The van der Waals surface area contributed by atoms with Crippen LogP contribution in [0.2, 0.25) is 5.28 Å². The first-order valence-electron chi connectivity index (χ1n) is 13.4. The Morgan fingerprint density at radius 1 is 0.932 bits per heavy atom. The Hall–Kier alpha value is -1.38. The van der Waals surface area contributed by atoms with E-state index in [0.29, 0.717) is 66.0 Å². The molecule has 0 bridgehead atoms. The summed E-state index contributed by atoms with van der Waals surface area (Å²) >= 11 is 6.11. The Morgan fingerprint density at radius 2 is 1.52 bits per heavy atom. The van der Waals surface area contributed by atoms with Gasteiger partial charge >= 0.3 is 15.2 Å². The number of methoxy groups -OCH3 is 1. The zero-order valence-electron chi connectivity index (χ0n) is 23.8. The molecule has 252 valence electrons. The van der Waals surface area contributed by atoms with Gasteiger partial charge in [0.1, 0.15) is 18.3 Å². The van der Waals surface area contributed by atoms with E-state index in [1.54, 1.807) is 7.11 Å². The van der Waals surface area contributed by atoms with Crippen molar-refractivity contribution in [2.45, 2.75) is 24.5 Å². The van der Waals surface area contributed by atoms with E-state index in [4.69, 9.17) is 54.3 Å². The van der Waals surface area contributed by atoms with Gasteiger partial charge in [0.05, 0.1) is 72.4 Å².